The molecule has 1 saturated carbocycles. The summed E-state index contributed by atoms with van der Waals surface area (Å²) in [4.78, 5) is 8.33. The molecule has 1 heterocycles. The highest BCUT2D eigenvalue weighted by molar-refractivity contribution is 5.67. The van der Waals surface area contributed by atoms with Gasteiger partial charge in [-0.15, -0.1) is 0 Å². The smallest absolute Gasteiger partial charge is 0.122 e. The number of hydrogen-bond donors (Lipinski definition) is 1. The molecule has 1 fully saturated rings. The lowest BCUT2D eigenvalue weighted by molar-refractivity contribution is 0.281. The van der Waals surface area contributed by atoms with Gasteiger partial charge in [0.05, 0.1) is 19.4 Å². The molecule has 0 saturated heterocycles. The Morgan fingerprint density at radius 1 is 1.33 bits per heavy atom. The van der Waals surface area contributed by atoms with Crippen molar-refractivity contribution in [3.63, 3.8) is 0 Å². The third kappa shape index (κ3) is 2.51. The Labute approximate surface area is 124 Å². The Kier molecular flexibility index (Phi) is 3.88. The predicted octanol–water partition coefficient (Wildman–Crippen LogP) is 3.22. The zero-order chi connectivity index (χ0) is 14.8. The van der Waals surface area contributed by atoms with E-state index in [1.54, 1.807) is 13.3 Å². The molecule has 110 valence electrons. The first-order valence-electron chi connectivity index (χ1n) is 7.33. The van der Waals surface area contributed by atoms with E-state index in [4.69, 9.17) is 4.74 Å². The summed E-state index contributed by atoms with van der Waals surface area (Å²) in [5, 5.41) is 9.49. The number of hydrogen-bond acceptors (Lipinski definition) is 4. The maximum atomic E-state index is 9.49. The van der Waals surface area contributed by atoms with Crippen LogP contribution in [0, 0.1) is 6.92 Å². The Balaban J connectivity index is 2.13. The molecule has 0 bridgehead atoms. The standard InChI is InChI=1S/C17H20N2O2/c1-11-15(12-4-3-5-12)6-13(7-16(11)21-2)17-14(9-20)8-18-10-19-17/h6-8,10,12,20H,3-5,9H2,1-2H3. The Morgan fingerprint density at radius 2 is 2.14 bits per heavy atom. The quantitative estimate of drug-likeness (QED) is 0.936. The molecule has 0 unspecified atom stereocenters. The normalized spacial score (nSPS) is 14.8. The molecule has 1 aromatic carbocycles. The second-order valence-electron chi connectivity index (χ2n) is 5.58. The number of aliphatic hydroxyl groups excluding tert-OH is 1. The van der Waals surface area contributed by atoms with Gasteiger partial charge < -0.3 is 9.84 Å². The molecule has 0 atom stereocenters. The van der Waals surface area contributed by atoms with Gasteiger partial charge in [-0.25, -0.2) is 9.97 Å². The van der Waals surface area contributed by atoms with Crippen molar-refractivity contribution in [2.45, 2.75) is 38.7 Å². The highest BCUT2D eigenvalue weighted by atomic mass is 16.5. The van der Waals surface area contributed by atoms with Gasteiger partial charge in [0, 0.05) is 17.3 Å². The number of nitrogens with zero attached hydrogens (tertiary/aromatic N) is 2. The maximum Gasteiger partial charge on any atom is 0.122 e. The Morgan fingerprint density at radius 3 is 2.76 bits per heavy atom. The van der Waals surface area contributed by atoms with Crippen molar-refractivity contribution in [1.82, 2.24) is 9.97 Å². The van der Waals surface area contributed by atoms with Crippen molar-refractivity contribution in [1.29, 1.82) is 0 Å². The zero-order valence-corrected chi connectivity index (χ0v) is 12.5. The monoisotopic (exact) mass is 284 g/mol. The van der Waals surface area contributed by atoms with Crippen LogP contribution in [0.2, 0.25) is 0 Å². The van der Waals surface area contributed by atoms with Crippen LogP contribution < -0.4 is 4.74 Å². The summed E-state index contributed by atoms with van der Waals surface area (Å²) in [6, 6.07) is 4.20. The van der Waals surface area contributed by atoms with E-state index in [1.165, 1.54) is 36.7 Å². The first kappa shape index (κ1) is 14.0. The zero-order valence-electron chi connectivity index (χ0n) is 12.5. The molecule has 4 nitrogen and oxygen atoms in total. The third-order valence-electron chi connectivity index (χ3n) is 4.40. The van der Waals surface area contributed by atoms with Crippen LogP contribution in [0.3, 0.4) is 0 Å². The van der Waals surface area contributed by atoms with Crippen LogP contribution in [0.5, 0.6) is 5.75 Å². The molecule has 1 aromatic heterocycles. The number of aromatic nitrogens is 2. The van der Waals surface area contributed by atoms with Gasteiger partial charge in [-0.05, 0) is 48.9 Å². The summed E-state index contributed by atoms with van der Waals surface area (Å²) in [5.41, 5.74) is 5.07. The van der Waals surface area contributed by atoms with Crippen LogP contribution in [0.25, 0.3) is 11.3 Å². The third-order valence-corrected chi connectivity index (χ3v) is 4.40. The average molecular weight is 284 g/mol. The van der Waals surface area contributed by atoms with E-state index in [2.05, 4.69) is 23.0 Å². The van der Waals surface area contributed by atoms with E-state index < -0.39 is 0 Å². The second-order valence-corrected chi connectivity index (χ2v) is 5.58. The van der Waals surface area contributed by atoms with Gasteiger partial charge in [0.1, 0.15) is 12.1 Å². The number of ether oxygens (including phenoxy) is 1. The van der Waals surface area contributed by atoms with Gasteiger partial charge >= 0.3 is 0 Å². The van der Waals surface area contributed by atoms with Crippen molar-refractivity contribution in [2.75, 3.05) is 7.11 Å². The minimum Gasteiger partial charge on any atom is -0.496 e. The summed E-state index contributed by atoms with van der Waals surface area (Å²) in [5.74, 6) is 1.51. The van der Waals surface area contributed by atoms with Crippen molar-refractivity contribution >= 4 is 0 Å². The van der Waals surface area contributed by atoms with Crippen LogP contribution in [-0.4, -0.2) is 22.2 Å². The SMILES string of the molecule is COc1cc(-c2ncncc2CO)cc(C2CCC2)c1C. The van der Waals surface area contributed by atoms with Crippen LogP contribution in [0.1, 0.15) is 41.9 Å². The number of methoxy groups -OCH3 is 1. The fourth-order valence-electron chi connectivity index (χ4n) is 2.94. The number of rotatable bonds is 4. The minimum atomic E-state index is -0.0644. The van der Waals surface area contributed by atoms with Crippen molar-refractivity contribution < 1.29 is 9.84 Å². The van der Waals surface area contributed by atoms with Crippen LogP contribution in [0.15, 0.2) is 24.7 Å². The second kappa shape index (κ2) is 5.82. The van der Waals surface area contributed by atoms with Crippen molar-refractivity contribution in [3.05, 3.63) is 41.3 Å². The van der Waals surface area contributed by atoms with Crippen molar-refractivity contribution in [2.24, 2.45) is 0 Å². The molecule has 2 aromatic rings. The van der Waals surface area contributed by atoms with Crippen LogP contribution >= 0.6 is 0 Å². The van der Waals surface area contributed by atoms with Gasteiger partial charge in [-0.1, -0.05) is 6.42 Å². The first-order chi connectivity index (χ1) is 10.2. The fraction of sp³-hybridized carbons (Fsp3) is 0.412. The highest BCUT2D eigenvalue weighted by Crippen LogP contribution is 2.42. The van der Waals surface area contributed by atoms with Gasteiger partial charge in [0.15, 0.2) is 0 Å². The largest absolute Gasteiger partial charge is 0.496 e. The first-order valence-corrected chi connectivity index (χ1v) is 7.33. The lowest BCUT2D eigenvalue weighted by atomic mass is 9.77. The topological polar surface area (TPSA) is 55.2 Å². The van der Waals surface area contributed by atoms with E-state index in [-0.39, 0.29) is 6.61 Å². The molecule has 3 rings (SSSR count). The Hall–Kier alpha value is -1.94. The molecule has 1 aliphatic carbocycles. The molecule has 21 heavy (non-hydrogen) atoms. The molecule has 1 N–H and O–H groups in total. The molecule has 1 aliphatic rings. The van der Waals surface area contributed by atoms with E-state index >= 15 is 0 Å². The molecule has 0 spiro atoms. The predicted molar refractivity (Wildman–Crippen MR) is 81.3 cm³/mol. The molecule has 4 heteroatoms. The maximum absolute atomic E-state index is 9.49. The summed E-state index contributed by atoms with van der Waals surface area (Å²) in [6.07, 6.45) is 6.96. The van der Waals surface area contributed by atoms with Gasteiger partial charge in [-0.3, -0.25) is 0 Å². The minimum absolute atomic E-state index is 0.0644. The molecule has 0 radical (unpaired) electrons. The fourth-order valence-corrected chi connectivity index (χ4v) is 2.94. The number of aliphatic hydroxyl groups is 1. The average Bonchev–Trinajstić information content (AvgIpc) is 2.47. The van der Waals surface area contributed by atoms with Crippen molar-refractivity contribution in [3.8, 4) is 17.0 Å². The van der Waals surface area contributed by atoms with Gasteiger partial charge in [0.2, 0.25) is 0 Å². The van der Waals surface area contributed by atoms with E-state index in [0.29, 0.717) is 5.92 Å². The molecular formula is C17H20N2O2. The lowest BCUT2D eigenvalue weighted by Gasteiger charge is -2.28. The Bertz CT molecular complexity index is 651. The van der Waals surface area contributed by atoms with Crippen LogP contribution in [-0.2, 0) is 6.61 Å². The van der Waals surface area contributed by atoms with E-state index in [1.807, 2.05) is 6.07 Å². The summed E-state index contributed by atoms with van der Waals surface area (Å²) in [6.45, 7) is 2.05. The summed E-state index contributed by atoms with van der Waals surface area (Å²) < 4.78 is 5.53. The van der Waals surface area contributed by atoms with Crippen LogP contribution in [0.4, 0.5) is 0 Å². The van der Waals surface area contributed by atoms with Gasteiger partial charge in [-0.2, -0.15) is 0 Å². The molecule has 0 amide bonds. The van der Waals surface area contributed by atoms with E-state index in [0.717, 1.165) is 22.6 Å². The summed E-state index contributed by atoms with van der Waals surface area (Å²) in [7, 11) is 1.70. The van der Waals surface area contributed by atoms with E-state index in [9.17, 15) is 5.11 Å². The van der Waals surface area contributed by atoms with Gasteiger partial charge in [0.25, 0.3) is 0 Å². The summed E-state index contributed by atoms with van der Waals surface area (Å²) >= 11 is 0. The lowest BCUT2D eigenvalue weighted by Crippen LogP contribution is -2.11. The number of benzene rings is 1. The molecule has 0 aliphatic heterocycles. The molecular weight excluding hydrogens is 264 g/mol. The highest BCUT2D eigenvalue weighted by Gasteiger charge is 2.24.